The van der Waals surface area contributed by atoms with Crippen LogP contribution in [-0.4, -0.2) is 62.5 Å². The Morgan fingerprint density at radius 1 is 1.16 bits per heavy atom. The molecule has 0 saturated carbocycles. The summed E-state index contributed by atoms with van der Waals surface area (Å²) in [5.41, 5.74) is 0.271. The lowest BCUT2D eigenvalue weighted by Gasteiger charge is -2.41. The highest BCUT2D eigenvalue weighted by Gasteiger charge is 2.35. The molecule has 1 unspecified atom stereocenters. The van der Waals surface area contributed by atoms with Gasteiger partial charge in [0.15, 0.2) is 0 Å². The smallest absolute Gasteiger partial charge is 0.410 e. The molecule has 2 aromatic rings. The Hall–Kier alpha value is -2.65. The van der Waals surface area contributed by atoms with Gasteiger partial charge in [-0.25, -0.2) is 14.6 Å². The molecule has 1 fully saturated rings. The number of hydrogen-bond donors (Lipinski definition) is 0. The second kappa shape index (κ2) is 10.3. The molecule has 4 rings (SSSR count). The number of rotatable bonds is 3. The zero-order valence-electron chi connectivity index (χ0n) is 22.3. The molecule has 1 amide bonds. The van der Waals surface area contributed by atoms with Crippen molar-refractivity contribution in [2.24, 2.45) is 16.8 Å². The van der Waals surface area contributed by atoms with Crippen molar-refractivity contribution in [3.63, 3.8) is 0 Å². The molecular formula is C26H34Cl2N6O3. The number of aromatic nitrogens is 3. The Labute approximate surface area is 227 Å². The van der Waals surface area contributed by atoms with Crippen molar-refractivity contribution >= 4 is 51.9 Å². The molecule has 3 atom stereocenters. The maximum absolute atomic E-state index is 13.7. The summed E-state index contributed by atoms with van der Waals surface area (Å²) in [6.07, 6.45) is 3.40. The van der Waals surface area contributed by atoms with Crippen molar-refractivity contribution in [3.05, 3.63) is 39.0 Å². The van der Waals surface area contributed by atoms with E-state index in [1.807, 2.05) is 45.6 Å². The molecule has 4 heterocycles. The summed E-state index contributed by atoms with van der Waals surface area (Å²) in [4.78, 5) is 43.8. The lowest BCUT2D eigenvalue weighted by molar-refractivity contribution is 0.0218. The normalized spacial score (nSPS) is 22.5. The molecule has 2 aliphatic heterocycles. The van der Waals surface area contributed by atoms with E-state index < -0.39 is 11.3 Å². The number of amides is 1. The second-order valence-corrected chi connectivity index (χ2v) is 11.8. The number of fused-ring (bicyclic) bond motifs is 1. The van der Waals surface area contributed by atoms with Crippen LogP contribution in [0, 0.1) is 11.8 Å². The summed E-state index contributed by atoms with van der Waals surface area (Å²) in [7, 11) is 0. The minimum atomic E-state index is -0.578. The number of nitrogens with zero attached hydrogens (tertiary/aromatic N) is 6. The average Bonchev–Trinajstić information content (AvgIpc) is 2.79. The molecule has 0 N–H and O–H groups in total. The Bertz CT molecular complexity index is 1330. The maximum atomic E-state index is 13.7. The molecular weight excluding hydrogens is 515 g/mol. The average molecular weight is 550 g/mol. The van der Waals surface area contributed by atoms with Crippen LogP contribution in [0.25, 0.3) is 11.0 Å². The lowest BCUT2D eigenvalue weighted by atomic mass is 9.89. The first-order chi connectivity index (χ1) is 17.3. The quantitative estimate of drug-likeness (QED) is 0.480. The topological polar surface area (TPSA) is 92.9 Å². The molecule has 11 heteroatoms. The van der Waals surface area contributed by atoms with Gasteiger partial charge in [-0.1, -0.05) is 50.0 Å². The van der Waals surface area contributed by atoms with Crippen LogP contribution >= 0.6 is 23.2 Å². The van der Waals surface area contributed by atoms with E-state index in [4.69, 9.17) is 27.9 Å². The third-order valence-electron chi connectivity index (χ3n) is 6.63. The molecule has 37 heavy (non-hydrogen) atoms. The minimum Gasteiger partial charge on any atom is -0.444 e. The highest BCUT2D eigenvalue weighted by molar-refractivity contribution is 6.41. The zero-order chi connectivity index (χ0) is 27.2. The second-order valence-electron chi connectivity index (χ2n) is 11.0. The van der Waals surface area contributed by atoms with Crippen LogP contribution < -0.4 is 10.6 Å². The zero-order valence-corrected chi connectivity index (χ0v) is 23.8. The van der Waals surface area contributed by atoms with Crippen LogP contribution in [0.2, 0.25) is 10.2 Å². The Kier molecular flexibility index (Phi) is 7.59. The van der Waals surface area contributed by atoms with Crippen LogP contribution in [0.1, 0.15) is 54.5 Å². The number of carbonyl (C=O) groups is 1. The number of piperazine rings is 1. The summed E-state index contributed by atoms with van der Waals surface area (Å²) >= 11 is 12.8. The monoisotopic (exact) mass is 548 g/mol. The molecule has 1 saturated heterocycles. The fraction of sp³-hybridized carbons (Fsp3) is 0.577. The van der Waals surface area contributed by atoms with Crippen LogP contribution in [0.5, 0.6) is 0 Å². The third-order valence-corrected chi connectivity index (χ3v) is 7.30. The third kappa shape index (κ3) is 5.48. The van der Waals surface area contributed by atoms with Gasteiger partial charge in [-0.05, 0) is 39.7 Å². The number of halogens is 2. The van der Waals surface area contributed by atoms with Crippen molar-refractivity contribution in [2.45, 2.75) is 66.2 Å². The van der Waals surface area contributed by atoms with Gasteiger partial charge in [-0.15, -0.1) is 0 Å². The molecule has 0 aromatic carbocycles. The van der Waals surface area contributed by atoms with Gasteiger partial charge in [-0.3, -0.25) is 9.56 Å². The Morgan fingerprint density at radius 2 is 1.86 bits per heavy atom. The Morgan fingerprint density at radius 3 is 2.49 bits per heavy atom. The molecule has 200 valence electrons. The van der Waals surface area contributed by atoms with Gasteiger partial charge in [0, 0.05) is 43.5 Å². The van der Waals surface area contributed by atoms with E-state index in [1.54, 1.807) is 21.7 Å². The van der Waals surface area contributed by atoms with Gasteiger partial charge in [0.2, 0.25) is 0 Å². The van der Waals surface area contributed by atoms with Crippen molar-refractivity contribution in [1.29, 1.82) is 0 Å². The summed E-state index contributed by atoms with van der Waals surface area (Å²) in [6.45, 7) is 15.0. The molecule has 0 bridgehead atoms. The number of allylic oxidation sites excluding steroid dienone is 1. The Balaban J connectivity index is 1.79. The molecule has 0 aliphatic carbocycles. The van der Waals surface area contributed by atoms with E-state index in [0.717, 1.165) is 5.71 Å². The number of carbonyl (C=O) groups excluding carboxylic acids is 1. The number of anilines is 1. The highest BCUT2D eigenvalue weighted by Crippen LogP contribution is 2.35. The van der Waals surface area contributed by atoms with Crippen LogP contribution in [0.15, 0.2) is 28.1 Å². The van der Waals surface area contributed by atoms with Gasteiger partial charge in [-0.2, -0.15) is 4.98 Å². The van der Waals surface area contributed by atoms with Crippen molar-refractivity contribution < 1.29 is 9.53 Å². The standard InChI is InChI=1S/C26H34Cl2N6O3/c1-14(2)19-20(15(3)8-9-29-19)34-23-17(12-18(27)21(28)30-23)22(31-24(34)35)33-11-10-32(13-16(33)4)25(36)37-26(5,6)7/h8-9,12,14-16,20H,10-11,13H2,1-7H3/t15-,16+,20?/m1/s1. The van der Waals surface area contributed by atoms with E-state index in [2.05, 4.69) is 28.8 Å². The first-order valence-electron chi connectivity index (χ1n) is 12.6. The van der Waals surface area contributed by atoms with Crippen molar-refractivity contribution in [1.82, 2.24) is 19.4 Å². The van der Waals surface area contributed by atoms with E-state index in [-0.39, 0.29) is 40.2 Å². The lowest BCUT2D eigenvalue weighted by Crippen LogP contribution is -2.55. The number of ether oxygens (including phenoxy) is 1. The largest absolute Gasteiger partial charge is 0.444 e. The van der Waals surface area contributed by atoms with Gasteiger partial charge in [0.05, 0.1) is 16.5 Å². The summed E-state index contributed by atoms with van der Waals surface area (Å²) in [5, 5.41) is 1.01. The first kappa shape index (κ1) is 27.4. The molecule has 2 aliphatic rings. The number of hydrogen-bond acceptors (Lipinski definition) is 7. The van der Waals surface area contributed by atoms with Crippen molar-refractivity contribution in [3.8, 4) is 0 Å². The summed E-state index contributed by atoms with van der Waals surface area (Å²) < 4.78 is 7.14. The highest BCUT2D eigenvalue weighted by atomic mass is 35.5. The van der Waals surface area contributed by atoms with Gasteiger partial charge in [0.1, 0.15) is 22.2 Å². The fourth-order valence-electron chi connectivity index (χ4n) is 4.91. The number of pyridine rings is 1. The minimum absolute atomic E-state index is 0.00370. The predicted octanol–water partition coefficient (Wildman–Crippen LogP) is 5.35. The van der Waals surface area contributed by atoms with Crippen LogP contribution in [-0.2, 0) is 4.74 Å². The van der Waals surface area contributed by atoms with Gasteiger partial charge < -0.3 is 14.5 Å². The van der Waals surface area contributed by atoms with E-state index in [9.17, 15) is 9.59 Å². The van der Waals surface area contributed by atoms with Crippen LogP contribution in [0.4, 0.5) is 10.6 Å². The SMILES string of the molecule is CC(C)C1=NC=C[C@@H](C)C1n1c(=O)nc(N2CCN(C(=O)OC(C)(C)C)C[C@@H]2C)c2cc(Cl)c(Cl)nc21. The van der Waals surface area contributed by atoms with E-state index in [1.165, 1.54) is 0 Å². The molecule has 0 spiro atoms. The number of aliphatic imine (C=N–C) groups is 1. The predicted molar refractivity (Wildman–Crippen MR) is 148 cm³/mol. The van der Waals surface area contributed by atoms with Gasteiger partial charge in [0.25, 0.3) is 0 Å². The molecule has 0 radical (unpaired) electrons. The molecule has 2 aromatic heterocycles. The summed E-state index contributed by atoms with van der Waals surface area (Å²) in [5.74, 6) is 0.583. The van der Waals surface area contributed by atoms with Crippen molar-refractivity contribution in [2.75, 3.05) is 24.5 Å². The first-order valence-corrected chi connectivity index (χ1v) is 13.3. The van der Waals surface area contributed by atoms with Crippen LogP contribution in [0.3, 0.4) is 0 Å². The van der Waals surface area contributed by atoms with Gasteiger partial charge >= 0.3 is 11.8 Å². The maximum Gasteiger partial charge on any atom is 0.410 e. The van der Waals surface area contributed by atoms with E-state index >= 15 is 0 Å². The molecule has 9 nitrogen and oxygen atoms in total. The fourth-order valence-corrected chi connectivity index (χ4v) is 5.19. The van der Waals surface area contributed by atoms with E-state index in [0.29, 0.717) is 36.5 Å². The summed E-state index contributed by atoms with van der Waals surface area (Å²) in [6, 6.07) is 1.23.